The van der Waals surface area contributed by atoms with Crippen molar-refractivity contribution in [3.05, 3.63) is 141 Å². The van der Waals surface area contributed by atoms with E-state index in [4.69, 9.17) is 0 Å². The third-order valence-electron chi connectivity index (χ3n) is 8.88. The first-order chi connectivity index (χ1) is 24.3. The summed E-state index contributed by atoms with van der Waals surface area (Å²) in [5.74, 6) is -3.79. The highest BCUT2D eigenvalue weighted by molar-refractivity contribution is 6.06. The number of hydrogen-bond acceptors (Lipinski definition) is 3. The number of alkyl halides is 12. The Labute approximate surface area is 293 Å². The molecule has 0 aliphatic rings. The van der Waals surface area contributed by atoms with Crippen molar-refractivity contribution in [3.8, 4) is 0 Å². The van der Waals surface area contributed by atoms with Gasteiger partial charge in [0.05, 0.1) is 5.56 Å². The van der Waals surface area contributed by atoms with Crippen molar-refractivity contribution >= 4 is 17.5 Å². The zero-order chi connectivity index (χ0) is 39.9. The van der Waals surface area contributed by atoms with E-state index in [1.807, 2.05) is 0 Å². The summed E-state index contributed by atoms with van der Waals surface area (Å²) < 4.78 is 175. The van der Waals surface area contributed by atoms with Crippen molar-refractivity contribution in [2.75, 3.05) is 0 Å². The van der Waals surface area contributed by atoms with E-state index < -0.39 is 98.4 Å². The van der Waals surface area contributed by atoms with E-state index in [0.717, 1.165) is 24.3 Å². The van der Waals surface area contributed by atoms with Crippen molar-refractivity contribution < 1.29 is 72.2 Å². The summed E-state index contributed by atoms with van der Waals surface area (Å²) >= 11 is 0. The first-order valence-corrected chi connectivity index (χ1v) is 15.3. The number of Topliss-reactive ketones (excluding diaryl/α,β-unsaturated/α-hetero) is 2. The molecule has 4 aromatic carbocycles. The number of aromatic carboxylic acids is 1. The van der Waals surface area contributed by atoms with Gasteiger partial charge in [0.2, 0.25) is 10.8 Å². The number of carboxylic acid groups (broad SMARTS) is 1. The van der Waals surface area contributed by atoms with Crippen LogP contribution in [0.2, 0.25) is 0 Å². The van der Waals surface area contributed by atoms with E-state index in [9.17, 15) is 72.2 Å². The van der Waals surface area contributed by atoms with Gasteiger partial charge in [-0.25, -0.2) is 4.79 Å². The monoisotopic (exact) mass is 762 g/mol. The molecule has 0 radical (unpaired) electrons. The Morgan fingerprint density at radius 2 is 0.887 bits per heavy atom. The van der Waals surface area contributed by atoms with Crippen LogP contribution in [0.3, 0.4) is 0 Å². The van der Waals surface area contributed by atoms with Crippen LogP contribution in [0.1, 0.15) is 77.8 Å². The summed E-state index contributed by atoms with van der Waals surface area (Å²) in [6, 6.07) is 9.11. The van der Waals surface area contributed by atoms with Gasteiger partial charge in [-0.15, -0.1) is 0 Å². The molecule has 1 N–H and O–H groups in total. The molecule has 0 aromatic heterocycles. The summed E-state index contributed by atoms with van der Waals surface area (Å²) in [6.07, 6.45) is -25.1. The van der Waals surface area contributed by atoms with Crippen LogP contribution in [0, 0.1) is 6.92 Å². The van der Waals surface area contributed by atoms with Gasteiger partial charge >= 0.3 is 30.7 Å². The van der Waals surface area contributed by atoms with Crippen molar-refractivity contribution in [2.45, 2.75) is 62.2 Å². The van der Waals surface area contributed by atoms with E-state index in [0.29, 0.717) is 66.2 Å². The van der Waals surface area contributed by atoms with Crippen LogP contribution in [-0.4, -0.2) is 47.3 Å². The lowest BCUT2D eigenvalue weighted by molar-refractivity contribution is -0.290. The number of carbonyl (C=O) groups is 3. The maximum absolute atomic E-state index is 14.7. The van der Waals surface area contributed by atoms with Crippen LogP contribution in [0.25, 0.3) is 0 Å². The number of hydrogen-bond donors (Lipinski definition) is 1. The van der Waals surface area contributed by atoms with Crippen molar-refractivity contribution in [1.29, 1.82) is 0 Å². The second-order valence-electron chi connectivity index (χ2n) is 12.1. The minimum Gasteiger partial charge on any atom is -0.478 e. The summed E-state index contributed by atoms with van der Waals surface area (Å²) in [4.78, 5) is 37.0. The van der Waals surface area contributed by atoms with Crippen LogP contribution in [0.5, 0.6) is 0 Å². The Bertz CT molecular complexity index is 1960. The predicted octanol–water partition coefficient (Wildman–Crippen LogP) is 10.5. The maximum Gasteiger partial charge on any atom is 0.411 e. The Morgan fingerprint density at radius 1 is 0.509 bits per heavy atom. The maximum atomic E-state index is 14.7. The number of ketones is 2. The average molecular weight is 763 g/mol. The average Bonchev–Trinajstić information content (AvgIpc) is 3.04. The molecular weight excluding hydrogens is 736 g/mol. The first-order valence-electron chi connectivity index (χ1n) is 15.3. The second-order valence-corrected chi connectivity index (χ2v) is 12.1. The molecule has 0 saturated carbocycles. The van der Waals surface area contributed by atoms with Gasteiger partial charge in [-0.1, -0.05) is 97.4 Å². The lowest BCUT2D eigenvalue weighted by Crippen LogP contribution is -2.54. The van der Waals surface area contributed by atoms with Crippen molar-refractivity contribution in [1.82, 2.24) is 0 Å². The van der Waals surface area contributed by atoms with Crippen LogP contribution >= 0.6 is 0 Å². The van der Waals surface area contributed by atoms with Crippen LogP contribution < -0.4 is 0 Å². The highest BCUT2D eigenvalue weighted by Gasteiger charge is 2.73. The topological polar surface area (TPSA) is 71.4 Å². The predicted molar refractivity (Wildman–Crippen MR) is 166 cm³/mol. The first kappa shape index (κ1) is 40.6. The molecule has 4 nitrogen and oxygen atoms in total. The molecule has 16 heteroatoms. The quantitative estimate of drug-likeness (QED) is 0.129. The minimum absolute atomic E-state index is 0.111. The summed E-state index contributed by atoms with van der Waals surface area (Å²) in [6.45, 7) is 2.76. The molecule has 282 valence electrons. The van der Waals surface area contributed by atoms with Crippen molar-refractivity contribution in [3.63, 3.8) is 0 Å². The Morgan fingerprint density at radius 3 is 1.28 bits per heavy atom. The Balaban J connectivity index is 1.75. The molecule has 0 spiro atoms. The molecule has 0 unspecified atom stereocenters. The number of benzene rings is 4. The van der Waals surface area contributed by atoms with E-state index in [2.05, 4.69) is 0 Å². The number of carboxylic acids is 1. The molecule has 4 aromatic rings. The molecule has 0 aliphatic heterocycles. The van der Waals surface area contributed by atoms with Crippen molar-refractivity contribution in [2.24, 2.45) is 0 Å². The third-order valence-corrected chi connectivity index (χ3v) is 8.88. The molecular formula is C37H26F12O4. The lowest BCUT2D eigenvalue weighted by atomic mass is 9.72. The lowest BCUT2D eigenvalue weighted by Gasteiger charge is -2.38. The van der Waals surface area contributed by atoms with Gasteiger partial charge in [0, 0.05) is 24.0 Å². The third kappa shape index (κ3) is 7.02. The fourth-order valence-electron chi connectivity index (χ4n) is 6.22. The standard InChI is InChI=1S/C37H26F12O4/c1-3-29(50)27-17-16-26(19-28(27)31(52)53)33(36(44,45)46,37(47,48)49)25-14-8-22(9-15-25)30(51)18-21-6-12-24(13-7-21)32(34(38,39)40,35(41,42)43)23-10-4-20(2)5-11-23/h4-17,19H,3,18H2,1-2H3,(H,52,53). The summed E-state index contributed by atoms with van der Waals surface area (Å²) in [7, 11) is 0. The molecule has 0 bridgehead atoms. The van der Waals surface area contributed by atoms with E-state index in [-0.39, 0.29) is 18.1 Å². The van der Waals surface area contributed by atoms with E-state index >= 15 is 0 Å². The van der Waals surface area contributed by atoms with Crippen LogP contribution in [0.15, 0.2) is 91.0 Å². The number of rotatable bonds is 10. The highest BCUT2D eigenvalue weighted by Crippen LogP contribution is 2.57. The van der Waals surface area contributed by atoms with Gasteiger partial charge in [0.1, 0.15) is 0 Å². The van der Waals surface area contributed by atoms with Gasteiger partial charge in [-0.3, -0.25) is 9.59 Å². The largest absolute Gasteiger partial charge is 0.478 e. The molecule has 53 heavy (non-hydrogen) atoms. The molecule has 0 heterocycles. The smallest absolute Gasteiger partial charge is 0.411 e. The minimum atomic E-state index is -6.16. The van der Waals surface area contributed by atoms with Gasteiger partial charge in [-0.05, 0) is 40.8 Å². The van der Waals surface area contributed by atoms with Gasteiger partial charge in [0.25, 0.3) is 0 Å². The SMILES string of the molecule is CCC(=O)c1ccc(C(c2ccc(C(=O)Cc3ccc(C(c4ccc(C)cc4)(C(F)(F)F)C(F)(F)F)cc3)cc2)(C(F)(F)F)C(F)(F)F)cc1C(=O)O. The Hall–Kier alpha value is -5.15. The summed E-state index contributed by atoms with van der Waals surface area (Å²) in [5.41, 5.74) is -16.7. The van der Waals surface area contributed by atoms with Gasteiger partial charge < -0.3 is 5.11 Å². The molecule has 0 atom stereocenters. The second kappa shape index (κ2) is 14.0. The molecule has 0 fully saturated rings. The zero-order valence-corrected chi connectivity index (χ0v) is 27.3. The molecule has 0 amide bonds. The summed E-state index contributed by atoms with van der Waals surface area (Å²) in [5, 5.41) is 9.53. The molecule has 0 saturated heterocycles. The van der Waals surface area contributed by atoms with E-state index in [1.165, 1.54) is 13.8 Å². The Kier molecular flexibility index (Phi) is 10.7. The fourth-order valence-corrected chi connectivity index (χ4v) is 6.22. The molecule has 0 aliphatic carbocycles. The van der Waals surface area contributed by atoms with E-state index in [1.54, 1.807) is 0 Å². The highest BCUT2D eigenvalue weighted by atomic mass is 19.4. The molecule has 4 rings (SSSR count). The van der Waals surface area contributed by atoms with Crippen LogP contribution in [0.4, 0.5) is 52.7 Å². The van der Waals surface area contributed by atoms with Gasteiger partial charge in [-0.2, -0.15) is 52.7 Å². The zero-order valence-electron chi connectivity index (χ0n) is 27.3. The normalized spacial score (nSPS) is 13.2. The van der Waals surface area contributed by atoms with Crippen LogP contribution in [-0.2, 0) is 17.3 Å². The number of aryl methyl sites for hydroxylation is 1. The number of halogens is 12. The fraction of sp³-hybridized carbons (Fsp3) is 0.270. The number of carbonyl (C=O) groups excluding carboxylic acids is 2. The van der Waals surface area contributed by atoms with Gasteiger partial charge in [0.15, 0.2) is 11.6 Å².